The number of aryl methyl sites for hydroxylation is 2. The first-order chi connectivity index (χ1) is 8.54. The van der Waals surface area contributed by atoms with E-state index in [1.54, 1.807) is 6.92 Å². The fourth-order valence-corrected chi connectivity index (χ4v) is 2.12. The third-order valence-electron chi connectivity index (χ3n) is 2.99. The molecule has 92 valence electrons. The van der Waals surface area contributed by atoms with Crippen molar-refractivity contribution in [1.82, 2.24) is 9.97 Å². The number of halogens is 1. The molecule has 0 unspecified atom stereocenters. The predicted molar refractivity (Wildman–Crippen MR) is 72.1 cm³/mol. The van der Waals surface area contributed by atoms with Gasteiger partial charge in [-0.05, 0) is 31.9 Å². The van der Waals surface area contributed by atoms with Crippen molar-refractivity contribution in [2.24, 2.45) is 0 Å². The fourth-order valence-electron chi connectivity index (χ4n) is 1.86. The molecule has 0 aliphatic rings. The van der Waals surface area contributed by atoms with Crippen LogP contribution in [0.3, 0.4) is 0 Å². The summed E-state index contributed by atoms with van der Waals surface area (Å²) in [7, 11) is 0. The van der Waals surface area contributed by atoms with E-state index in [2.05, 4.69) is 9.97 Å². The Morgan fingerprint density at radius 3 is 2.56 bits per heavy atom. The minimum atomic E-state index is 0.202. The van der Waals surface area contributed by atoms with Crippen molar-refractivity contribution in [3.8, 4) is 11.3 Å². The molecule has 1 aromatic heterocycles. The number of aldehydes is 1. The Morgan fingerprint density at radius 2 is 1.89 bits per heavy atom. The summed E-state index contributed by atoms with van der Waals surface area (Å²) in [6.07, 6.45) is 0.707. The quantitative estimate of drug-likeness (QED) is 0.613. The van der Waals surface area contributed by atoms with Gasteiger partial charge < -0.3 is 0 Å². The van der Waals surface area contributed by atoms with Gasteiger partial charge in [0.2, 0.25) is 0 Å². The van der Waals surface area contributed by atoms with E-state index in [1.165, 1.54) is 0 Å². The highest BCUT2D eigenvalue weighted by atomic mass is 35.5. The predicted octanol–water partition coefficient (Wildman–Crippen LogP) is 3.53. The summed E-state index contributed by atoms with van der Waals surface area (Å²) in [6.45, 7) is 5.79. The van der Waals surface area contributed by atoms with Crippen molar-refractivity contribution < 1.29 is 4.79 Å². The standard InChI is InChI=1S/C14H13ClN2O/c1-8-5-4-6-11(9(8)2)13-12(7-18)14(15)17-10(3)16-13/h4-7H,1-3H3. The van der Waals surface area contributed by atoms with E-state index < -0.39 is 0 Å². The summed E-state index contributed by atoms with van der Waals surface area (Å²) >= 11 is 5.99. The molecule has 0 aliphatic heterocycles. The molecule has 1 heterocycles. The van der Waals surface area contributed by atoms with E-state index in [0.29, 0.717) is 23.4 Å². The van der Waals surface area contributed by atoms with Gasteiger partial charge in [-0.15, -0.1) is 0 Å². The second-order valence-electron chi connectivity index (χ2n) is 4.19. The Balaban J connectivity index is 2.78. The molecular formula is C14H13ClN2O. The van der Waals surface area contributed by atoms with Crippen LogP contribution in [0.25, 0.3) is 11.3 Å². The third kappa shape index (κ3) is 2.14. The van der Waals surface area contributed by atoms with Gasteiger partial charge in [-0.1, -0.05) is 29.8 Å². The van der Waals surface area contributed by atoms with Gasteiger partial charge in [-0.3, -0.25) is 4.79 Å². The van der Waals surface area contributed by atoms with E-state index in [4.69, 9.17) is 11.6 Å². The number of nitrogens with zero attached hydrogens (tertiary/aromatic N) is 2. The summed E-state index contributed by atoms with van der Waals surface area (Å²) in [5.74, 6) is 0.557. The van der Waals surface area contributed by atoms with Crippen molar-refractivity contribution in [3.63, 3.8) is 0 Å². The van der Waals surface area contributed by atoms with Gasteiger partial charge in [0, 0.05) is 5.56 Å². The van der Waals surface area contributed by atoms with Gasteiger partial charge in [0.1, 0.15) is 11.0 Å². The molecule has 0 amide bonds. The molecule has 0 N–H and O–H groups in total. The van der Waals surface area contributed by atoms with E-state index >= 15 is 0 Å². The Bertz CT molecular complexity index is 623. The van der Waals surface area contributed by atoms with Gasteiger partial charge in [0.05, 0.1) is 11.3 Å². The SMILES string of the molecule is Cc1nc(Cl)c(C=O)c(-c2cccc(C)c2C)n1. The molecule has 2 rings (SSSR count). The third-order valence-corrected chi connectivity index (χ3v) is 3.28. The van der Waals surface area contributed by atoms with Gasteiger partial charge in [-0.2, -0.15) is 0 Å². The van der Waals surface area contributed by atoms with Crippen LogP contribution in [0.5, 0.6) is 0 Å². The summed E-state index contributed by atoms with van der Waals surface area (Å²) in [4.78, 5) is 19.5. The van der Waals surface area contributed by atoms with Crippen molar-refractivity contribution in [2.75, 3.05) is 0 Å². The van der Waals surface area contributed by atoms with E-state index in [0.717, 1.165) is 16.7 Å². The highest BCUT2D eigenvalue weighted by molar-refractivity contribution is 6.32. The minimum absolute atomic E-state index is 0.202. The second-order valence-corrected chi connectivity index (χ2v) is 4.55. The zero-order valence-corrected chi connectivity index (χ0v) is 11.2. The highest BCUT2D eigenvalue weighted by Gasteiger charge is 2.15. The van der Waals surface area contributed by atoms with Crippen molar-refractivity contribution >= 4 is 17.9 Å². The highest BCUT2D eigenvalue weighted by Crippen LogP contribution is 2.29. The molecule has 0 aliphatic carbocycles. The van der Waals surface area contributed by atoms with Crippen LogP contribution in [0.4, 0.5) is 0 Å². The first-order valence-corrected chi connectivity index (χ1v) is 5.98. The van der Waals surface area contributed by atoms with Gasteiger partial charge in [0.15, 0.2) is 6.29 Å². The number of hydrogen-bond acceptors (Lipinski definition) is 3. The lowest BCUT2D eigenvalue weighted by atomic mass is 9.98. The topological polar surface area (TPSA) is 42.9 Å². The maximum Gasteiger partial charge on any atom is 0.155 e. The first kappa shape index (κ1) is 12.7. The molecule has 0 fully saturated rings. The van der Waals surface area contributed by atoms with Crippen LogP contribution in [0, 0.1) is 20.8 Å². The number of benzene rings is 1. The molecular weight excluding hydrogens is 248 g/mol. The summed E-state index contributed by atoms with van der Waals surface area (Å²) in [6, 6.07) is 5.90. The van der Waals surface area contributed by atoms with Crippen molar-refractivity contribution in [2.45, 2.75) is 20.8 Å². The van der Waals surface area contributed by atoms with Crippen LogP contribution < -0.4 is 0 Å². The van der Waals surface area contributed by atoms with Crippen LogP contribution in [-0.4, -0.2) is 16.3 Å². The molecule has 0 radical (unpaired) electrons. The monoisotopic (exact) mass is 260 g/mol. The molecule has 0 bridgehead atoms. The number of hydrogen-bond donors (Lipinski definition) is 0. The van der Waals surface area contributed by atoms with Crippen LogP contribution in [0.1, 0.15) is 27.3 Å². The minimum Gasteiger partial charge on any atom is -0.298 e. The summed E-state index contributed by atoms with van der Waals surface area (Å²) in [5.41, 5.74) is 4.11. The summed E-state index contributed by atoms with van der Waals surface area (Å²) in [5, 5.41) is 0.202. The molecule has 0 saturated carbocycles. The van der Waals surface area contributed by atoms with E-state index in [9.17, 15) is 4.79 Å². The Hall–Kier alpha value is -1.74. The molecule has 2 aromatic rings. The Kier molecular flexibility index (Phi) is 3.43. The molecule has 18 heavy (non-hydrogen) atoms. The van der Waals surface area contributed by atoms with E-state index in [1.807, 2.05) is 32.0 Å². The second kappa shape index (κ2) is 4.86. The number of rotatable bonds is 2. The van der Waals surface area contributed by atoms with Crippen LogP contribution in [0.2, 0.25) is 5.15 Å². The lowest BCUT2D eigenvalue weighted by Gasteiger charge is -2.11. The zero-order valence-electron chi connectivity index (χ0n) is 10.5. The zero-order chi connectivity index (χ0) is 13.3. The molecule has 0 saturated heterocycles. The Labute approximate surface area is 111 Å². The van der Waals surface area contributed by atoms with Crippen LogP contribution in [-0.2, 0) is 0 Å². The maximum absolute atomic E-state index is 11.2. The molecule has 0 spiro atoms. The van der Waals surface area contributed by atoms with Gasteiger partial charge in [-0.25, -0.2) is 9.97 Å². The van der Waals surface area contributed by atoms with E-state index in [-0.39, 0.29) is 5.15 Å². The van der Waals surface area contributed by atoms with Gasteiger partial charge >= 0.3 is 0 Å². The van der Waals surface area contributed by atoms with Crippen LogP contribution >= 0.6 is 11.6 Å². The number of aromatic nitrogens is 2. The molecule has 4 heteroatoms. The number of carbonyl (C=O) groups is 1. The summed E-state index contributed by atoms with van der Waals surface area (Å²) < 4.78 is 0. The maximum atomic E-state index is 11.2. The smallest absolute Gasteiger partial charge is 0.155 e. The number of carbonyl (C=O) groups excluding carboxylic acids is 1. The Morgan fingerprint density at radius 1 is 1.17 bits per heavy atom. The molecule has 0 atom stereocenters. The van der Waals surface area contributed by atoms with Crippen molar-refractivity contribution in [3.05, 3.63) is 45.9 Å². The average molecular weight is 261 g/mol. The first-order valence-electron chi connectivity index (χ1n) is 5.60. The lowest BCUT2D eigenvalue weighted by Crippen LogP contribution is -2.01. The van der Waals surface area contributed by atoms with Crippen LogP contribution in [0.15, 0.2) is 18.2 Å². The lowest BCUT2D eigenvalue weighted by molar-refractivity contribution is 0.112. The van der Waals surface area contributed by atoms with Gasteiger partial charge in [0.25, 0.3) is 0 Å². The molecule has 1 aromatic carbocycles. The fraction of sp³-hybridized carbons (Fsp3) is 0.214. The van der Waals surface area contributed by atoms with Crippen molar-refractivity contribution in [1.29, 1.82) is 0 Å². The molecule has 3 nitrogen and oxygen atoms in total. The average Bonchev–Trinajstić information content (AvgIpc) is 2.32. The normalized spacial score (nSPS) is 10.4. The largest absolute Gasteiger partial charge is 0.298 e.